The van der Waals surface area contributed by atoms with Crippen molar-refractivity contribution in [3.63, 3.8) is 0 Å². The fraction of sp³-hybridized carbons (Fsp3) is 0.529. The van der Waals surface area contributed by atoms with Gasteiger partial charge in [0, 0.05) is 12.0 Å². The molecule has 2 N–H and O–H groups in total. The summed E-state index contributed by atoms with van der Waals surface area (Å²) in [6.45, 7) is 4.18. The van der Waals surface area contributed by atoms with Crippen molar-refractivity contribution in [3.8, 4) is 5.75 Å². The molecule has 0 spiro atoms. The lowest BCUT2D eigenvalue weighted by molar-refractivity contribution is -0.268. The molecule has 6 heteroatoms. The van der Waals surface area contributed by atoms with Crippen LogP contribution in [0, 0.1) is 0 Å². The maximum atomic E-state index is 13.0. The number of allylic oxidation sites excluding steroid dienone is 1. The average molecular weight is 332 g/mol. The predicted octanol–water partition coefficient (Wildman–Crippen LogP) is 3.90. The zero-order chi connectivity index (χ0) is 17.8. The van der Waals surface area contributed by atoms with E-state index in [0.29, 0.717) is 11.3 Å². The van der Waals surface area contributed by atoms with E-state index in [9.17, 15) is 18.3 Å². The zero-order valence-corrected chi connectivity index (χ0v) is 13.7. The van der Waals surface area contributed by atoms with E-state index >= 15 is 0 Å². The molecule has 1 aromatic rings. The normalized spacial score (nSPS) is 15.7. The third-order valence-electron chi connectivity index (χ3n) is 3.86. The monoisotopic (exact) mass is 332 g/mol. The van der Waals surface area contributed by atoms with Gasteiger partial charge < -0.3 is 14.9 Å². The molecule has 0 aromatic heterocycles. The minimum absolute atomic E-state index is 0.247. The largest absolute Gasteiger partial charge is 0.496 e. The Morgan fingerprint density at radius 2 is 1.91 bits per heavy atom. The van der Waals surface area contributed by atoms with E-state index in [1.807, 2.05) is 19.9 Å². The molecule has 0 amide bonds. The van der Waals surface area contributed by atoms with E-state index < -0.39 is 24.8 Å². The highest BCUT2D eigenvalue weighted by Crippen LogP contribution is 2.40. The molecular weight excluding hydrogens is 309 g/mol. The summed E-state index contributed by atoms with van der Waals surface area (Å²) in [6.07, 6.45) is -4.19. The number of aliphatic hydroxyl groups excluding tert-OH is 1. The topological polar surface area (TPSA) is 49.7 Å². The second-order valence-electron chi connectivity index (χ2n) is 5.79. The van der Waals surface area contributed by atoms with Crippen molar-refractivity contribution in [2.75, 3.05) is 13.7 Å². The lowest BCUT2D eigenvalue weighted by atomic mass is 9.88. The van der Waals surface area contributed by atoms with E-state index in [1.165, 1.54) is 13.2 Å². The second-order valence-corrected chi connectivity index (χ2v) is 5.79. The lowest BCUT2D eigenvalue weighted by Gasteiger charge is -2.30. The van der Waals surface area contributed by atoms with Gasteiger partial charge in [-0.3, -0.25) is 0 Å². The van der Waals surface area contributed by atoms with E-state index in [4.69, 9.17) is 9.84 Å². The van der Waals surface area contributed by atoms with Crippen LogP contribution in [0.4, 0.5) is 13.2 Å². The number of hydrogen-bond acceptors (Lipinski definition) is 3. The molecule has 0 heterocycles. The van der Waals surface area contributed by atoms with Crippen molar-refractivity contribution < 1.29 is 28.1 Å². The van der Waals surface area contributed by atoms with Crippen molar-refractivity contribution in [3.05, 3.63) is 35.4 Å². The molecule has 0 aliphatic carbocycles. The summed E-state index contributed by atoms with van der Waals surface area (Å²) < 4.78 is 44.3. The van der Waals surface area contributed by atoms with Crippen molar-refractivity contribution >= 4 is 5.57 Å². The number of halogens is 3. The second kappa shape index (κ2) is 7.36. The number of benzene rings is 1. The molecule has 0 bridgehead atoms. The van der Waals surface area contributed by atoms with Crippen LogP contribution >= 0.6 is 0 Å². The minimum Gasteiger partial charge on any atom is -0.496 e. The van der Waals surface area contributed by atoms with E-state index in [2.05, 4.69) is 0 Å². The molecule has 0 aliphatic rings. The summed E-state index contributed by atoms with van der Waals surface area (Å²) in [4.78, 5) is 0. The molecule has 0 fully saturated rings. The smallest absolute Gasteiger partial charge is 0.419 e. The molecule has 23 heavy (non-hydrogen) atoms. The molecular formula is C17H23F3O3. The Morgan fingerprint density at radius 1 is 1.30 bits per heavy atom. The van der Waals surface area contributed by atoms with Gasteiger partial charge in [-0.05, 0) is 30.0 Å². The summed E-state index contributed by atoms with van der Waals surface area (Å²) in [5.74, 6) is 0.684. The lowest BCUT2D eigenvalue weighted by Crippen LogP contribution is -2.48. The molecule has 1 rings (SSSR count). The number of alkyl halides is 3. The molecule has 0 aliphatic heterocycles. The van der Waals surface area contributed by atoms with Gasteiger partial charge in [-0.25, -0.2) is 0 Å². The Bertz CT molecular complexity index is 565. The van der Waals surface area contributed by atoms with Gasteiger partial charge in [-0.15, -0.1) is 0 Å². The summed E-state index contributed by atoms with van der Waals surface area (Å²) in [6, 6.07) is 5.27. The number of rotatable bonds is 6. The highest BCUT2D eigenvalue weighted by molar-refractivity contribution is 5.71. The standard InChI is InChI=1S/C17H23F3O3/c1-5-12(9-16(22,10-21)17(18,19)20)14-7-6-13(11(2)3)8-15(14)23-4/h5-8,11,21-22H,9-10H2,1-4H3. The SMILES string of the molecule is CC=C(CC(O)(CO)C(F)(F)F)c1ccc(C(C)C)cc1OC. The molecule has 1 unspecified atom stereocenters. The molecule has 3 nitrogen and oxygen atoms in total. The van der Waals surface area contributed by atoms with Crippen molar-refractivity contribution in [2.24, 2.45) is 0 Å². The Morgan fingerprint density at radius 3 is 2.30 bits per heavy atom. The average Bonchev–Trinajstić information content (AvgIpc) is 2.50. The van der Waals surface area contributed by atoms with Crippen LogP contribution in [-0.4, -0.2) is 35.7 Å². The first-order chi connectivity index (χ1) is 10.6. The molecule has 1 atom stereocenters. The summed E-state index contributed by atoms with van der Waals surface area (Å²) >= 11 is 0. The number of ether oxygens (including phenoxy) is 1. The third-order valence-corrected chi connectivity index (χ3v) is 3.86. The molecule has 130 valence electrons. The van der Waals surface area contributed by atoms with Crippen molar-refractivity contribution in [1.29, 1.82) is 0 Å². The van der Waals surface area contributed by atoms with Gasteiger partial charge in [0.2, 0.25) is 0 Å². The van der Waals surface area contributed by atoms with Crippen molar-refractivity contribution in [1.82, 2.24) is 0 Å². The Labute approximate surface area is 134 Å². The van der Waals surface area contributed by atoms with Crippen LogP contribution in [0.1, 0.15) is 44.2 Å². The molecule has 0 saturated carbocycles. The maximum Gasteiger partial charge on any atom is 0.419 e. The van der Waals surface area contributed by atoms with Gasteiger partial charge in [0.25, 0.3) is 0 Å². The first-order valence-corrected chi connectivity index (χ1v) is 7.33. The van der Waals surface area contributed by atoms with Gasteiger partial charge in [0.15, 0.2) is 5.60 Å². The third kappa shape index (κ3) is 4.26. The van der Waals surface area contributed by atoms with Gasteiger partial charge in [-0.2, -0.15) is 13.2 Å². The van der Waals surface area contributed by atoms with Crippen molar-refractivity contribution in [2.45, 2.75) is 44.9 Å². The van der Waals surface area contributed by atoms with Crippen LogP contribution in [0.15, 0.2) is 24.3 Å². The number of methoxy groups -OCH3 is 1. The fourth-order valence-corrected chi connectivity index (χ4v) is 2.25. The van der Waals surface area contributed by atoms with Gasteiger partial charge in [0.1, 0.15) is 5.75 Å². The predicted molar refractivity (Wildman–Crippen MR) is 83.4 cm³/mol. The number of aliphatic hydroxyl groups is 2. The van der Waals surface area contributed by atoms with Crippen LogP contribution in [0.5, 0.6) is 5.75 Å². The van der Waals surface area contributed by atoms with E-state index in [1.54, 1.807) is 19.1 Å². The first kappa shape index (κ1) is 19.5. The quantitative estimate of drug-likeness (QED) is 0.831. The van der Waals surface area contributed by atoms with E-state index in [0.717, 1.165) is 5.56 Å². The summed E-state index contributed by atoms with van der Waals surface area (Å²) in [7, 11) is 1.44. The fourth-order valence-electron chi connectivity index (χ4n) is 2.25. The highest BCUT2D eigenvalue weighted by Gasteiger charge is 2.53. The van der Waals surface area contributed by atoms with Gasteiger partial charge >= 0.3 is 6.18 Å². The maximum absolute atomic E-state index is 13.0. The molecule has 0 saturated heterocycles. The highest BCUT2D eigenvalue weighted by atomic mass is 19.4. The van der Waals surface area contributed by atoms with Crippen LogP contribution in [0.2, 0.25) is 0 Å². The summed E-state index contributed by atoms with van der Waals surface area (Å²) in [5, 5.41) is 18.8. The van der Waals surface area contributed by atoms with Gasteiger partial charge in [0.05, 0.1) is 13.7 Å². The Kier molecular flexibility index (Phi) is 6.25. The van der Waals surface area contributed by atoms with Crippen LogP contribution < -0.4 is 4.74 Å². The first-order valence-electron chi connectivity index (χ1n) is 7.33. The molecule has 1 aromatic carbocycles. The van der Waals surface area contributed by atoms with Crippen LogP contribution in [-0.2, 0) is 0 Å². The summed E-state index contributed by atoms with van der Waals surface area (Å²) in [5.41, 5.74) is -1.47. The molecule has 0 radical (unpaired) electrons. The zero-order valence-electron chi connectivity index (χ0n) is 13.7. The Hall–Kier alpha value is -1.53. The van der Waals surface area contributed by atoms with Crippen LogP contribution in [0.25, 0.3) is 5.57 Å². The number of hydrogen-bond donors (Lipinski definition) is 2. The Balaban J connectivity index is 3.27. The van der Waals surface area contributed by atoms with E-state index in [-0.39, 0.29) is 11.5 Å². The van der Waals surface area contributed by atoms with Gasteiger partial charge in [-0.1, -0.05) is 32.1 Å². The van der Waals surface area contributed by atoms with Crippen LogP contribution in [0.3, 0.4) is 0 Å². The minimum atomic E-state index is -4.93.